The number of pyridine rings is 1. The van der Waals surface area contributed by atoms with Crippen molar-refractivity contribution < 1.29 is 14.3 Å². The molecule has 1 fully saturated rings. The van der Waals surface area contributed by atoms with Gasteiger partial charge in [-0.2, -0.15) is 0 Å². The Morgan fingerprint density at radius 1 is 1.09 bits per heavy atom. The van der Waals surface area contributed by atoms with E-state index >= 15 is 0 Å². The number of nitrogens with zero attached hydrogens (tertiary/aromatic N) is 1. The lowest BCUT2D eigenvalue weighted by Gasteiger charge is -2.29. The Labute approximate surface area is 130 Å². The van der Waals surface area contributed by atoms with Gasteiger partial charge in [-0.25, -0.2) is 0 Å². The smallest absolute Gasteiger partial charge is 0.169 e. The Balaban J connectivity index is 1.57. The largest absolute Gasteiger partial charge is 0.376 e. The van der Waals surface area contributed by atoms with Crippen molar-refractivity contribution in [3.63, 3.8) is 0 Å². The Kier molecular flexibility index (Phi) is 4.93. The fraction of sp³-hybridized carbons (Fsp3) is 0.333. The lowest BCUT2D eigenvalue weighted by atomic mass is 10.1. The molecule has 4 heteroatoms. The van der Waals surface area contributed by atoms with E-state index in [0.717, 1.165) is 12.1 Å². The molecule has 1 aromatic carbocycles. The minimum Gasteiger partial charge on any atom is -0.376 e. The van der Waals surface area contributed by atoms with Crippen LogP contribution in [-0.2, 0) is 27.1 Å². The maximum atomic E-state index is 12.3. The maximum Gasteiger partial charge on any atom is 0.169 e. The summed E-state index contributed by atoms with van der Waals surface area (Å²) in [6.07, 6.45) is 2.17. The van der Waals surface area contributed by atoms with E-state index in [1.54, 1.807) is 6.20 Å². The highest BCUT2D eigenvalue weighted by molar-refractivity contribution is 5.85. The van der Waals surface area contributed by atoms with Crippen molar-refractivity contribution >= 4 is 5.78 Å². The predicted molar refractivity (Wildman–Crippen MR) is 82.6 cm³/mol. The molecule has 1 aromatic heterocycles. The van der Waals surface area contributed by atoms with E-state index in [0.29, 0.717) is 13.2 Å². The second-order valence-electron chi connectivity index (χ2n) is 5.44. The summed E-state index contributed by atoms with van der Waals surface area (Å²) in [5, 5.41) is 0. The van der Waals surface area contributed by atoms with Crippen molar-refractivity contribution in [1.29, 1.82) is 0 Å². The standard InChI is InChI=1S/C18H19NO3/c20-17(11-15-8-4-5-9-19-15)18-13-21-12-16(22-18)10-14-6-2-1-3-7-14/h1-9,16,18H,10-13H2. The predicted octanol–water partition coefficient (Wildman–Crippen LogP) is 2.22. The number of carbonyl (C=O) groups is 1. The minimum atomic E-state index is -0.496. The molecule has 4 nitrogen and oxygen atoms in total. The zero-order valence-corrected chi connectivity index (χ0v) is 12.4. The van der Waals surface area contributed by atoms with Crippen molar-refractivity contribution in [2.24, 2.45) is 0 Å². The first-order valence-electron chi connectivity index (χ1n) is 7.51. The highest BCUT2D eigenvalue weighted by atomic mass is 16.6. The maximum absolute atomic E-state index is 12.3. The molecule has 1 aliphatic rings. The molecule has 0 N–H and O–H groups in total. The fourth-order valence-electron chi connectivity index (χ4n) is 2.57. The van der Waals surface area contributed by atoms with Crippen LogP contribution in [0.1, 0.15) is 11.3 Å². The van der Waals surface area contributed by atoms with E-state index in [9.17, 15) is 4.79 Å². The van der Waals surface area contributed by atoms with E-state index < -0.39 is 6.10 Å². The monoisotopic (exact) mass is 297 g/mol. The van der Waals surface area contributed by atoms with Gasteiger partial charge in [0.2, 0.25) is 0 Å². The quantitative estimate of drug-likeness (QED) is 0.849. The van der Waals surface area contributed by atoms with Crippen LogP contribution in [0.5, 0.6) is 0 Å². The molecule has 2 heterocycles. The van der Waals surface area contributed by atoms with Crippen molar-refractivity contribution in [1.82, 2.24) is 4.98 Å². The molecule has 114 valence electrons. The molecule has 2 atom stereocenters. The first-order valence-corrected chi connectivity index (χ1v) is 7.51. The van der Waals surface area contributed by atoms with Gasteiger partial charge in [-0.3, -0.25) is 9.78 Å². The summed E-state index contributed by atoms with van der Waals surface area (Å²) in [6, 6.07) is 15.7. The van der Waals surface area contributed by atoms with Crippen LogP contribution in [-0.4, -0.2) is 36.2 Å². The summed E-state index contributed by atoms with van der Waals surface area (Å²) in [7, 11) is 0. The Bertz CT molecular complexity index is 600. The van der Waals surface area contributed by atoms with Crippen molar-refractivity contribution in [3.8, 4) is 0 Å². The van der Waals surface area contributed by atoms with Crippen molar-refractivity contribution in [3.05, 3.63) is 66.0 Å². The third-order valence-corrected chi connectivity index (χ3v) is 3.68. The third-order valence-electron chi connectivity index (χ3n) is 3.68. The van der Waals surface area contributed by atoms with Crippen molar-refractivity contribution in [2.45, 2.75) is 25.0 Å². The van der Waals surface area contributed by atoms with Gasteiger partial charge in [0.25, 0.3) is 0 Å². The molecule has 1 aliphatic heterocycles. The zero-order chi connectivity index (χ0) is 15.2. The molecule has 3 rings (SSSR count). The third kappa shape index (κ3) is 4.00. The molecule has 0 aliphatic carbocycles. The lowest BCUT2D eigenvalue weighted by molar-refractivity contribution is -0.161. The summed E-state index contributed by atoms with van der Waals surface area (Å²) in [6.45, 7) is 0.860. The number of rotatable bonds is 5. The molecule has 2 aromatic rings. The van der Waals surface area contributed by atoms with Gasteiger partial charge in [0.1, 0.15) is 6.10 Å². The second-order valence-corrected chi connectivity index (χ2v) is 5.44. The first kappa shape index (κ1) is 14.9. The van der Waals surface area contributed by atoms with Gasteiger partial charge >= 0.3 is 0 Å². The average Bonchev–Trinajstić information content (AvgIpc) is 2.57. The van der Waals surface area contributed by atoms with Crippen LogP contribution in [0.25, 0.3) is 0 Å². The Morgan fingerprint density at radius 2 is 1.91 bits per heavy atom. The number of ether oxygens (including phenoxy) is 2. The van der Waals surface area contributed by atoms with Crippen LogP contribution < -0.4 is 0 Å². The zero-order valence-electron chi connectivity index (χ0n) is 12.4. The highest BCUT2D eigenvalue weighted by Gasteiger charge is 2.28. The van der Waals surface area contributed by atoms with Gasteiger partial charge in [-0.05, 0) is 17.7 Å². The molecule has 0 amide bonds. The molecule has 2 unspecified atom stereocenters. The summed E-state index contributed by atoms with van der Waals surface area (Å²) in [5.74, 6) is 0.0245. The molecule has 22 heavy (non-hydrogen) atoms. The normalized spacial score (nSPS) is 21.5. The number of hydrogen-bond donors (Lipinski definition) is 0. The molecular formula is C18H19NO3. The highest BCUT2D eigenvalue weighted by Crippen LogP contribution is 2.15. The number of hydrogen-bond acceptors (Lipinski definition) is 4. The van der Waals surface area contributed by atoms with Gasteiger partial charge < -0.3 is 9.47 Å². The first-order chi connectivity index (χ1) is 10.8. The van der Waals surface area contributed by atoms with Gasteiger partial charge in [0.15, 0.2) is 5.78 Å². The van der Waals surface area contributed by atoms with Gasteiger partial charge in [-0.1, -0.05) is 36.4 Å². The van der Waals surface area contributed by atoms with E-state index in [1.807, 2.05) is 36.4 Å². The summed E-state index contributed by atoms with van der Waals surface area (Å²) in [4.78, 5) is 16.5. The van der Waals surface area contributed by atoms with Crippen LogP contribution in [0.2, 0.25) is 0 Å². The van der Waals surface area contributed by atoms with E-state index in [4.69, 9.17) is 9.47 Å². The van der Waals surface area contributed by atoms with Gasteiger partial charge in [0, 0.05) is 18.3 Å². The minimum absolute atomic E-state index is 0.0245. The van der Waals surface area contributed by atoms with Crippen LogP contribution in [0.4, 0.5) is 0 Å². The average molecular weight is 297 g/mol. The van der Waals surface area contributed by atoms with Crippen LogP contribution in [0.3, 0.4) is 0 Å². The number of carbonyl (C=O) groups excluding carboxylic acids is 1. The van der Waals surface area contributed by atoms with E-state index in [-0.39, 0.29) is 18.3 Å². The number of ketones is 1. The van der Waals surface area contributed by atoms with Crippen LogP contribution in [0, 0.1) is 0 Å². The number of aromatic nitrogens is 1. The topological polar surface area (TPSA) is 48.4 Å². The molecule has 0 saturated carbocycles. The summed E-state index contributed by atoms with van der Waals surface area (Å²) in [5.41, 5.74) is 1.95. The fourth-order valence-corrected chi connectivity index (χ4v) is 2.57. The molecule has 1 saturated heterocycles. The Morgan fingerprint density at radius 3 is 2.68 bits per heavy atom. The Hall–Kier alpha value is -2.04. The van der Waals surface area contributed by atoms with Crippen LogP contribution >= 0.6 is 0 Å². The van der Waals surface area contributed by atoms with E-state index in [1.165, 1.54) is 5.56 Å². The van der Waals surface area contributed by atoms with Gasteiger partial charge in [0.05, 0.1) is 25.7 Å². The molecule has 0 bridgehead atoms. The SMILES string of the molecule is O=C(Cc1ccccn1)C1COCC(Cc2ccccc2)O1. The molecule has 0 spiro atoms. The lowest BCUT2D eigenvalue weighted by Crippen LogP contribution is -2.42. The second kappa shape index (κ2) is 7.29. The summed E-state index contributed by atoms with van der Waals surface area (Å²) < 4.78 is 11.5. The number of benzene rings is 1. The van der Waals surface area contributed by atoms with Crippen molar-refractivity contribution in [2.75, 3.05) is 13.2 Å². The molecule has 0 radical (unpaired) electrons. The summed E-state index contributed by atoms with van der Waals surface area (Å²) >= 11 is 0. The van der Waals surface area contributed by atoms with Gasteiger partial charge in [-0.15, -0.1) is 0 Å². The van der Waals surface area contributed by atoms with Crippen LogP contribution in [0.15, 0.2) is 54.7 Å². The van der Waals surface area contributed by atoms with E-state index in [2.05, 4.69) is 17.1 Å². The number of Topliss-reactive ketones (excluding diaryl/α,β-unsaturated/α-hetero) is 1. The molecular weight excluding hydrogens is 278 g/mol.